The summed E-state index contributed by atoms with van der Waals surface area (Å²) in [5.41, 5.74) is 3.26. The predicted molar refractivity (Wildman–Crippen MR) is 140 cm³/mol. The molecule has 3 aromatic carbocycles. The molecule has 0 N–H and O–H groups in total. The fourth-order valence-corrected chi connectivity index (χ4v) is 5.19. The van der Waals surface area contributed by atoms with Gasteiger partial charge in [0.25, 0.3) is 0 Å². The predicted octanol–water partition coefficient (Wildman–Crippen LogP) is 6.37. The van der Waals surface area contributed by atoms with E-state index in [0.717, 1.165) is 16.8 Å². The molecular weight excluding hydrogens is 519 g/mol. The molecule has 0 unspecified atom stereocenters. The number of hydrogen-bond donors (Lipinski definition) is 0. The highest BCUT2D eigenvalue weighted by atomic mass is 35.5. The average Bonchev–Trinajstić information content (AvgIpc) is 3.23. The Morgan fingerprint density at radius 3 is 2.57 bits per heavy atom. The molecule has 0 aliphatic rings. The number of thioether (sulfide) groups is 1. The van der Waals surface area contributed by atoms with Crippen LogP contribution in [0.1, 0.15) is 27.8 Å². The molecule has 4 aromatic rings. The van der Waals surface area contributed by atoms with E-state index in [0.29, 0.717) is 28.0 Å². The van der Waals surface area contributed by atoms with Crippen LogP contribution in [-0.2, 0) is 6.61 Å². The summed E-state index contributed by atoms with van der Waals surface area (Å²) in [6.07, 6.45) is 0. The summed E-state index contributed by atoms with van der Waals surface area (Å²) < 4.78 is 26.4. The molecule has 0 radical (unpaired) electrons. The summed E-state index contributed by atoms with van der Waals surface area (Å²) in [6.45, 7) is 3.58. The molecule has 192 valence electrons. The molecule has 11 heteroatoms. The van der Waals surface area contributed by atoms with Gasteiger partial charge in [-0.2, -0.15) is 0 Å². The van der Waals surface area contributed by atoms with E-state index < -0.39 is 5.25 Å². The molecule has 4 rings (SSSR count). The van der Waals surface area contributed by atoms with E-state index in [1.54, 1.807) is 24.3 Å². The topological polar surface area (TPSA) is 92.3 Å². The summed E-state index contributed by atoms with van der Waals surface area (Å²) in [5.74, 6) is 0.940. The van der Waals surface area contributed by atoms with Crippen LogP contribution in [0.4, 0.5) is 4.39 Å². The Kier molecular flexibility index (Phi) is 8.30. The number of benzene rings is 3. The Hall–Kier alpha value is -3.63. The summed E-state index contributed by atoms with van der Waals surface area (Å²) >= 11 is 7.78. The third kappa shape index (κ3) is 6.39. The van der Waals surface area contributed by atoms with Crippen LogP contribution in [0.5, 0.6) is 11.5 Å². The van der Waals surface area contributed by atoms with Crippen molar-refractivity contribution in [1.82, 2.24) is 14.8 Å². The van der Waals surface area contributed by atoms with Gasteiger partial charge in [-0.1, -0.05) is 47.6 Å². The van der Waals surface area contributed by atoms with Gasteiger partial charge in [0.15, 0.2) is 16.7 Å². The van der Waals surface area contributed by atoms with Gasteiger partial charge in [-0.3, -0.25) is 14.7 Å². The highest BCUT2D eigenvalue weighted by Gasteiger charge is 2.26. The quantitative estimate of drug-likeness (QED) is 0.130. The van der Waals surface area contributed by atoms with Crippen LogP contribution in [0.15, 0.2) is 65.8 Å². The molecule has 37 heavy (non-hydrogen) atoms. The van der Waals surface area contributed by atoms with Crippen molar-refractivity contribution in [2.75, 3.05) is 13.7 Å². The standard InChI is InChI=1S/C26H24ClFN4O4S/c1-16-5-4-6-21(11-16)32-17(2)29-30-26(32)37-24(14-31(33)34)19-12-22(27)25(23(13-19)35-3)36-15-18-7-9-20(28)10-8-18/h4-13,24H,14-15H2,1-3H3/t24-/m1/s1. The Balaban J connectivity index is 1.65. The molecule has 0 aliphatic heterocycles. The lowest BCUT2D eigenvalue weighted by Crippen LogP contribution is -2.12. The van der Waals surface area contributed by atoms with Crippen LogP contribution >= 0.6 is 23.4 Å². The highest BCUT2D eigenvalue weighted by Crippen LogP contribution is 2.43. The first-order valence-electron chi connectivity index (χ1n) is 11.3. The van der Waals surface area contributed by atoms with E-state index in [4.69, 9.17) is 21.1 Å². The van der Waals surface area contributed by atoms with E-state index in [1.165, 1.54) is 31.0 Å². The Morgan fingerprint density at radius 1 is 1.14 bits per heavy atom. The lowest BCUT2D eigenvalue weighted by atomic mass is 10.1. The van der Waals surface area contributed by atoms with Crippen molar-refractivity contribution in [1.29, 1.82) is 0 Å². The molecule has 1 atom stereocenters. The summed E-state index contributed by atoms with van der Waals surface area (Å²) in [7, 11) is 1.47. The molecular formula is C26H24ClFN4O4S. The van der Waals surface area contributed by atoms with Gasteiger partial charge in [0.05, 0.1) is 12.1 Å². The first-order valence-corrected chi connectivity index (χ1v) is 12.5. The molecule has 0 saturated carbocycles. The van der Waals surface area contributed by atoms with Crippen molar-refractivity contribution in [3.63, 3.8) is 0 Å². The normalized spacial score (nSPS) is 11.8. The van der Waals surface area contributed by atoms with Crippen molar-refractivity contribution < 1.29 is 18.8 Å². The van der Waals surface area contributed by atoms with Crippen LogP contribution in [0.25, 0.3) is 5.69 Å². The first-order chi connectivity index (χ1) is 17.7. The number of hydrogen-bond acceptors (Lipinski definition) is 7. The van der Waals surface area contributed by atoms with E-state index in [9.17, 15) is 14.5 Å². The van der Waals surface area contributed by atoms with Crippen LogP contribution in [0, 0.1) is 29.8 Å². The second-order valence-electron chi connectivity index (χ2n) is 8.28. The number of aromatic nitrogens is 3. The molecule has 0 amide bonds. The van der Waals surface area contributed by atoms with Gasteiger partial charge >= 0.3 is 0 Å². The highest BCUT2D eigenvalue weighted by molar-refractivity contribution is 7.99. The average molecular weight is 543 g/mol. The molecule has 8 nitrogen and oxygen atoms in total. The van der Waals surface area contributed by atoms with E-state index in [-0.39, 0.29) is 28.9 Å². The van der Waals surface area contributed by atoms with Crippen LogP contribution < -0.4 is 9.47 Å². The van der Waals surface area contributed by atoms with Crippen LogP contribution in [-0.4, -0.2) is 33.3 Å². The van der Waals surface area contributed by atoms with Crippen molar-refractivity contribution in [2.24, 2.45) is 0 Å². The van der Waals surface area contributed by atoms with Gasteiger partial charge in [0, 0.05) is 10.6 Å². The largest absolute Gasteiger partial charge is 0.493 e. The third-order valence-electron chi connectivity index (χ3n) is 5.54. The minimum Gasteiger partial charge on any atom is -0.493 e. The van der Waals surface area contributed by atoms with Gasteiger partial charge in [0.2, 0.25) is 6.54 Å². The van der Waals surface area contributed by atoms with Crippen molar-refractivity contribution in [3.8, 4) is 17.2 Å². The zero-order chi connectivity index (χ0) is 26.5. The molecule has 0 bridgehead atoms. The van der Waals surface area contributed by atoms with Gasteiger partial charge in [-0.05, 0) is 66.9 Å². The summed E-state index contributed by atoms with van der Waals surface area (Å²) in [5, 5.41) is 20.2. The molecule has 0 saturated heterocycles. The minimum absolute atomic E-state index is 0.141. The number of halogens is 2. The third-order valence-corrected chi connectivity index (χ3v) is 7.00. The minimum atomic E-state index is -0.639. The summed E-state index contributed by atoms with van der Waals surface area (Å²) in [4.78, 5) is 11.2. The second kappa shape index (κ2) is 11.6. The maximum Gasteiger partial charge on any atom is 0.220 e. The fourth-order valence-electron chi connectivity index (χ4n) is 3.76. The number of ether oxygens (including phenoxy) is 2. The van der Waals surface area contributed by atoms with Crippen molar-refractivity contribution in [3.05, 3.63) is 104 Å². The second-order valence-corrected chi connectivity index (χ2v) is 9.85. The molecule has 0 fully saturated rings. The Bertz CT molecular complexity index is 1410. The molecule has 1 heterocycles. The van der Waals surface area contributed by atoms with Gasteiger partial charge in [0.1, 0.15) is 23.5 Å². The van der Waals surface area contributed by atoms with Crippen LogP contribution in [0.2, 0.25) is 5.02 Å². The maximum absolute atomic E-state index is 13.2. The lowest BCUT2D eigenvalue weighted by molar-refractivity contribution is -0.479. The number of nitrogens with zero attached hydrogens (tertiary/aromatic N) is 4. The van der Waals surface area contributed by atoms with E-state index >= 15 is 0 Å². The monoisotopic (exact) mass is 542 g/mol. The van der Waals surface area contributed by atoms with Gasteiger partial charge < -0.3 is 9.47 Å². The van der Waals surface area contributed by atoms with E-state index in [1.807, 2.05) is 42.7 Å². The molecule has 1 aromatic heterocycles. The smallest absolute Gasteiger partial charge is 0.220 e. The number of aryl methyl sites for hydroxylation is 2. The number of methoxy groups -OCH3 is 1. The van der Waals surface area contributed by atoms with Crippen molar-refractivity contribution in [2.45, 2.75) is 30.9 Å². The molecule has 0 aliphatic carbocycles. The zero-order valence-electron chi connectivity index (χ0n) is 20.4. The Labute approximate surface area is 222 Å². The van der Waals surface area contributed by atoms with Gasteiger partial charge in [-0.25, -0.2) is 4.39 Å². The first kappa shape index (κ1) is 26.4. The fraction of sp³-hybridized carbons (Fsp3) is 0.231. The Morgan fingerprint density at radius 2 is 1.89 bits per heavy atom. The lowest BCUT2D eigenvalue weighted by Gasteiger charge is -2.18. The van der Waals surface area contributed by atoms with E-state index in [2.05, 4.69) is 10.2 Å². The number of nitro groups is 1. The number of rotatable bonds is 10. The van der Waals surface area contributed by atoms with Gasteiger partial charge in [-0.15, -0.1) is 10.2 Å². The van der Waals surface area contributed by atoms with Crippen molar-refractivity contribution >= 4 is 23.4 Å². The SMILES string of the molecule is COc1cc([C@@H](C[N+](=O)[O-])Sc2nnc(C)n2-c2cccc(C)c2)cc(Cl)c1OCc1ccc(F)cc1. The molecule has 0 spiro atoms. The summed E-state index contributed by atoms with van der Waals surface area (Å²) in [6, 6.07) is 17.1. The van der Waals surface area contributed by atoms with Crippen LogP contribution in [0.3, 0.4) is 0 Å². The maximum atomic E-state index is 13.2. The zero-order valence-corrected chi connectivity index (χ0v) is 21.9.